The highest BCUT2D eigenvalue weighted by molar-refractivity contribution is 7.89. The van der Waals surface area contributed by atoms with Crippen molar-refractivity contribution in [3.05, 3.63) is 35.9 Å². The normalized spacial score (nSPS) is 19.0. The van der Waals surface area contributed by atoms with Crippen LogP contribution < -0.4 is 4.72 Å². The number of hydrogen-bond acceptors (Lipinski definition) is 5. The Balaban J connectivity index is 1.72. The predicted octanol–water partition coefficient (Wildman–Crippen LogP) is 0.113. The van der Waals surface area contributed by atoms with E-state index in [4.69, 9.17) is 0 Å². The summed E-state index contributed by atoms with van der Waals surface area (Å²) in [6, 6.07) is 1.98. The average molecular weight is 338 g/mol. The fourth-order valence-electron chi connectivity index (χ4n) is 2.87. The van der Waals surface area contributed by atoms with E-state index in [9.17, 15) is 8.42 Å². The molecule has 0 saturated heterocycles. The van der Waals surface area contributed by atoms with Gasteiger partial charge in [-0.1, -0.05) is 0 Å². The van der Waals surface area contributed by atoms with Gasteiger partial charge >= 0.3 is 0 Å². The van der Waals surface area contributed by atoms with Crippen LogP contribution in [0.4, 0.5) is 0 Å². The van der Waals surface area contributed by atoms with E-state index in [1.807, 2.05) is 30.2 Å². The van der Waals surface area contributed by atoms with Crippen molar-refractivity contribution >= 4 is 10.0 Å². The van der Waals surface area contributed by atoms with Crippen LogP contribution in [0.2, 0.25) is 0 Å². The van der Waals surface area contributed by atoms with Crippen LogP contribution in [0.1, 0.15) is 24.2 Å². The summed E-state index contributed by atoms with van der Waals surface area (Å²) in [5, 5.41) is 8.54. The average Bonchev–Trinajstić information content (AvgIpc) is 3.14. The molecule has 3 rings (SSSR count). The maximum atomic E-state index is 11.7. The van der Waals surface area contributed by atoms with E-state index in [1.54, 1.807) is 17.8 Å². The molecular formula is C14H22N6O2S. The summed E-state index contributed by atoms with van der Waals surface area (Å²) in [5.41, 5.74) is 2.24. The zero-order chi connectivity index (χ0) is 16.4. The summed E-state index contributed by atoms with van der Waals surface area (Å²) in [5.74, 6) is 0.0884. The Kier molecular flexibility index (Phi) is 4.51. The Labute approximate surface area is 136 Å². The Morgan fingerprint density at radius 1 is 1.39 bits per heavy atom. The number of fused-ring (bicyclic) bond motifs is 1. The lowest BCUT2D eigenvalue weighted by Gasteiger charge is -2.33. The number of sulfonamides is 1. The molecule has 0 spiro atoms. The van der Waals surface area contributed by atoms with E-state index >= 15 is 0 Å². The van der Waals surface area contributed by atoms with E-state index in [0.717, 1.165) is 30.9 Å². The first-order valence-electron chi connectivity index (χ1n) is 7.66. The molecule has 23 heavy (non-hydrogen) atoms. The van der Waals surface area contributed by atoms with Crippen molar-refractivity contribution in [2.45, 2.75) is 26.1 Å². The summed E-state index contributed by atoms with van der Waals surface area (Å²) in [6.07, 6.45) is 5.63. The number of rotatable bonds is 6. The molecule has 8 nitrogen and oxygen atoms in total. The van der Waals surface area contributed by atoms with Crippen LogP contribution in [-0.2, 0) is 30.2 Å². The number of aromatic nitrogens is 4. The minimum Gasteiger partial charge on any atom is -0.291 e. The smallest absolute Gasteiger partial charge is 0.211 e. The molecule has 0 amide bonds. The van der Waals surface area contributed by atoms with Gasteiger partial charge in [0.1, 0.15) is 0 Å². The minimum atomic E-state index is -3.20. The van der Waals surface area contributed by atoms with Crippen LogP contribution in [0.25, 0.3) is 0 Å². The number of nitrogens with zero attached hydrogens (tertiary/aromatic N) is 5. The predicted molar refractivity (Wildman–Crippen MR) is 86.0 cm³/mol. The summed E-state index contributed by atoms with van der Waals surface area (Å²) in [7, 11) is -1.30. The fourth-order valence-corrected chi connectivity index (χ4v) is 3.52. The molecule has 0 radical (unpaired) electrons. The van der Waals surface area contributed by atoms with Crippen LogP contribution in [0.3, 0.4) is 0 Å². The van der Waals surface area contributed by atoms with E-state index in [2.05, 4.69) is 19.8 Å². The van der Waals surface area contributed by atoms with Gasteiger partial charge in [-0.15, -0.1) is 0 Å². The second kappa shape index (κ2) is 6.42. The van der Waals surface area contributed by atoms with Gasteiger partial charge in [0.15, 0.2) is 0 Å². The molecule has 0 aromatic carbocycles. The molecule has 1 N–H and O–H groups in total. The zero-order valence-electron chi connectivity index (χ0n) is 13.4. The van der Waals surface area contributed by atoms with Gasteiger partial charge in [-0.2, -0.15) is 10.2 Å². The molecule has 2 aromatic heterocycles. The van der Waals surface area contributed by atoms with E-state index in [0.29, 0.717) is 6.54 Å². The first-order valence-corrected chi connectivity index (χ1v) is 9.31. The van der Waals surface area contributed by atoms with Crippen molar-refractivity contribution in [3.63, 3.8) is 0 Å². The van der Waals surface area contributed by atoms with Crippen LogP contribution >= 0.6 is 0 Å². The third-order valence-electron chi connectivity index (χ3n) is 4.04. The Morgan fingerprint density at radius 2 is 2.22 bits per heavy atom. The molecule has 1 aliphatic heterocycles. The van der Waals surface area contributed by atoms with E-state index in [-0.39, 0.29) is 11.8 Å². The van der Waals surface area contributed by atoms with Crippen molar-refractivity contribution in [3.8, 4) is 0 Å². The lowest BCUT2D eigenvalue weighted by molar-refractivity contribution is 0.168. The van der Waals surface area contributed by atoms with E-state index in [1.165, 1.54) is 0 Å². The third kappa shape index (κ3) is 3.80. The first-order chi connectivity index (χ1) is 11.0. The van der Waals surface area contributed by atoms with Crippen molar-refractivity contribution in [1.29, 1.82) is 0 Å². The van der Waals surface area contributed by atoms with Crippen molar-refractivity contribution in [2.24, 2.45) is 7.05 Å². The molecule has 0 aliphatic carbocycles. The number of aryl methyl sites for hydroxylation is 1. The van der Waals surface area contributed by atoms with Crippen molar-refractivity contribution in [2.75, 3.05) is 18.8 Å². The molecule has 1 aliphatic rings. The van der Waals surface area contributed by atoms with Crippen LogP contribution in [0, 0.1) is 0 Å². The van der Waals surface area contributed by atoms with E-state index < -0.39 is 10.0 Å². The lowest BCUT2D eigenvalue weighted by atomic mass is 10.1. The molecule has 0 fully saturated rings. The molecule has 0 saturated carbocycles. The van der Waals surface area contributed by atoms with Crippen molar-refractivity contribution < 1.29 is 8.42 Å². The summed E-state index contributed by atoms with van der Waals surface area (Å²) in [6.45, 7) is 4.32. The van der Waals surface area contributed by atoms with Gasteiger partial charge in [0.25, 0.3) is 0 Å². The zero-order valence-corrected chi connectivity index (χ0v) is 14.2. The van der Waals surface area contributed by atoms with Gasteiger partial charge < -0.3 is 0 Å². The number of nitrogens with one attached hydrogen (secondary N) is 1. The van der Waals surface area contributed by atoms with Crippen LogP contribution in [0.5, 0.6) is 0 Å². The Hall–Kier alpha value is -1.71. The molecule has 126 valence electrons. The fraction of sp³-hybridized carbons (Fsp3) is 0.571. The highest BCUT2D eigenvalue weighted by atomic mass is 32.2. The molecule has 9 heteroatoms. The largest absolute Gasteiger partial charge is 0.291 e. The third-order valence-corrected chi connectivity index (χ3v) is 5.40. The maximum absolute atomic E-state index is 11.7. The molecule has 3 heterocycles. The molecule has 1 atom stereocenters. The quantitative estimate of drug-likeness (QED) is 0.808. The lowest BCUT2D eigenvalue weighted by Crippen LogP contribution is -2.42. The molecule has 2 aromatic rings. The van der Waals surface area contributed by atoms with Crippen LogP contribution in [0.15, 0.2) is 24.7 Å². The maximum Gasteiger partial charge on any atom is 0.211 e. The van der Waals surface area contributed by atoms with Gasteiger partial charge in [0.05, 0.1) is 23.7 Å². The first kappa shape index (κ1) is 16.2. The summed E-state index contributed by atoms with van der Waals surface area (Å²) < 4.78 is 29.8. The SMILES string of the molecule is CCS(=O)(=O)NC[C@@H]1CN(Cc2cnn(C)c2)Cc2ccnn21. The standard InChI is InChI=1S/C14H22N6O2S/c1-3-23(21,22)17-7-14-11-19(9-12-6-16-18(2)8-12)10-13-4-5-15-20(13)14/h4-6,8,14,17H,3,7,9-11H2,1-2H3/t14-/m1/s1. The molecular weight excluding hydrogens is 316 g/mol. The summed E-state index contributed by atoms with van der Waals surface area (Å²) in [4.78, 5) is 2.29. The van der Waals surface area contributed by atoms with Gasteiger partial charge in [-0.05, 0) is 13.0 Å². The molecule has 0 unspecified atom stereocenters. The van der Waals surface area contributed by atoms with Crippen molar-refractivity contribution in [1.82, 2.24) is 29.2 Å². The number of hydrogen-bond donors (Lipinski definition) is 1. The second-order valence-electron chi connectivity index (χ2n) is 5.86. The topological polar surface area (TPSA) is 85.1 Å². The van der Waals surface area contributed by atoms with Gasteiger partial charge in [0, 0.05) is 51.2 Å². The van der Waals surface area contributed by atoms with Gasteiger partial charge in [-0.3, -0.25) is 14.3 Å². The second-order valence-corrected chi connectivity index (χ2v) is 7.96. The molecule has 0 bridgehead atoms. The highest BCUT2D eigenvalue weighted by Gasteiger charge is 2.26. The van der Waals surface area contributed by atoms with Crippen LogP contribution in [-0.4, -0.2) is 51.7 Å². The monoisotopic (exact) mass is 338 g/mol. The summed E-state index contributed by atoms with van der Waals surface area (Å²) >= 11 is 0. The van der Waals surface area contributed by atoms with Gasteiger partial charge in [-0.25, -0.2) is 13.1 Å². The Morgan fingerprint density at radius 3 is 2.91 bits per heavy atom. The van der Waals surface area contributed by atoms with Gasteiger partial charge in [0.2, 0.25) is 10.0 Å². The highest BCUT2D eigenvalue weighted by Crippen LogP contribution is 2.21. The minimum absolute atomic E-state index is 0.00764. The Bertz CT molecular complexity index is 766.